The molecule has 0 radical (unpaired) electrons. The number of carbonyl (C=O) groups is 1. The summed E-state index contributed by atoms with van der Waals surface area (Å²) < 4.78 is 29.9. The number of carbonyl (C=O) groups excluding carboxylic acids is 1. The molecule has 0 aliphatic heterocycles. The van der Waals surface area contributed by atoms with Crippen LogP contribution in [0.1, 0.15) is 57.4 Å². The second-order valence-corrected chi connectivity index (χ2v) is 18.5. The number of imidazole rings is 2. The SMILES string of the molecule is CCCCC(Sc1nc(-c2ccc(N(C)C)cc2)c(-c2ccc(N(C)C)cc2)[nH]1)N(C(N)=O)C(CC(CC)c1ccc(F)cc1F)Sc1nc(-c2ccccc2)c(-c2ccccc2)[nH]1. The lowest BCUT2D eigenvalue weighted by atomic mass is 9.92. The molecule has 3 unspecified atom stereocenters. The van der Waals surface area contributed by atoms with Gasteiger partial charge in [-0.25, -0.2) is 23.5 Å². The van der Waals surface area contributed by atoms with Gasteiger partial charge in [0.15, 0.2) is 10.3 Å². The maximum Gasteiger partial charge on any atom is 0.316 e. The van der Waals surface area contributed by atoms with E-state index in [2.05, 4.69) is 75.2 Å². The number of halogens is 2. The fourth-order valence-corrected chi connectivity index (χ4v) is 10.4. The van der Waals surface area contributed by atoms with Crippen LogP contribution in [0.5, 0.6) is 0 Å². The van der Waals surface area contributed by atoms with Crippen LogP contribution in [0.25, 0.3) is 45.0 Å². The van der Waals surface area contributed by atoms with Crippen LogP contribution in [0.15, 0.2) is 138 Å². The number of primary amides is 1. The zero-order chi connectivity index (χ0) is 45.3. The number of aromatic nitrogens is 4. The van der Waals surface area contributed by atoms with Crippen molar-refractivity contribution >= 4 is 40.9 Å². The van der Waals surface area contributed by atoms with Crippen LogP contribution < -0.4 is 15.5 Å². The van der Waals surface area contributed by atoms with Crippen molar-refractivity contribution in [2.24, 2.45) is 5.73 Å². The first-order valence-corrected chi connectivity index (χ1v) is 23.4. The summed E-state index contributed by atoms with van der Waals surface area (Å²) in [4.78, 5) is 37.7. The number of urea groups is 1. The summed E-state index contributed by atoms with van der Waals surface area (Å²) in [6.45, 7) is 4.09. The Morgan fingerprint density at radius 2 is 1.14 bits per heavy atom. The summed E-state index contributed by atoms with van der Waals surface area (Å²) in [6.07, 6.45) is 3.13. The van der Waals surface area contributed by atoms with Crippen molar-refractivity contribution in [3.8, 4) is 45.0 Å². The summed E-state index contributed by atoms with van der Waals surface area (Å²) >= 11 is 2.84. The van der Waals surface area contributed by atoms with Crippen molar-refractivity contribution in [2.45, 2.75) is 72.9 Å². The lowest BCUT2D eigenvalue weighted by molar-refractivity contribution is 0.190. The van der Waals surface area contributed by atoms with Gasteiger partial charge in [-0.1, -0.05) is 141 Å². The number of thioether (sulfide) groups is 2. The second-order valence-electron chi connectivity index (χ2n) is 16.2. The Bertz CT molecular complexity index is 2470. The van der Waals surface area contributed by atoms with E-state index in [9.17, 15) is 9.18 Å². The molecular weight excluding hydrogens is 843 g/mol. The molecule has 0 saturated heterocycles. The highest BCUT2D eigenvalue weighted by molar-refractivity contribution is 8.00. The third kappa shape index (κ3) is 10.8. The van der Waals surface area contributed by atoms with Crippen LogP contribution in [0.3, 0.4) is 0 Å². The highest BCUT2D eigenvalue weighted by Crippen LogP contribution is 2.43. The fraction of sp³-hybridized carbons (Fsp3) is 0.275. The van der Waals surface area contributed by atoms with Gasteiger partial charge in [-0.3, -0.25) is 0 Å². The number of benzene rings is 5. The number of hydrogen-bond acceptors (Lipinski definition) is 7. The molecule has 64 heavy (non-hydrogen) atoms. The van der Waals surface area contributed by atoms with Gasteiger partial charge in [0.25, 0.3) is 0 Å². The molecule has 332 valence electrons. The van der Waals surface area contributed by atoms with Gasteiger partial charge >= 0.3 is 6.03 Å². The molecule has 2 aromatic heterocycles. The Balaban J connectivity index is 1.33. The molecule has 4 N–H and O–H groups in total. The maximum atomic E-state index is 15.6. The molecule has 0 bridgehead atoms. The second kappa shape index (κ2) is 21.1. The van der Waals surface area contributed by atoms with Crippen LogP contribution in [0.2, 0.25) is 0 Å². The van der Waals surface area contributed by atoms with Crippen LogP contribution in [-0.2, 0) is 0 Å². The maximum absolute atomic E-state index is 15.6. The first kappa shape index (κ1) is 46.0. The van der Waals surface area contributed by atoms with E-state index < -0.39 is 28.4 Å². The number of anilines is 2. The number of unbranched alkanes of at least 4 members (excludes halogenated alkanes) is 1. The van der Waals surface area contributed by atoms with Crippen LogP contribution >= 0.6 is 23.5 Å². The van der Waals surface area contributed by atoms with Gasteiger partial charge in [-0.15, -0.1) is 0 Å². The van der Waals surface area contributed by atoms with Crippen molar-refractivity contribution in [2.75, 3.05) is 38.0 Å². The molecule has 0 spiro atoms. The van der Waals surface area contributed by atoms with Crippen molar-refractivity contribution in [3.63, 3.8) is 0 Å². The predicted octanol–water partition coefficient (Wildman–Crippen LogP) is 12.9. The summed E-state index contributed by atoms with van der Waals surface area (Å²) in [7, 11) is 8.05. The Labute approximate surface area is 383 Å². The number of nitrogens with zero attached hydrogens (tertiary/aromatic N) is 5. The molecule has 2 amide bonds. The van der Waals surface area contributed by atoms with E-state index in [1.165, 1.54) is 35.7 Å². The molecule has 0 fully saturated rings. The Hall–Kier alpha value is -6.05. The topological polar surface area (TPSA) is 110 Å². The van der Waals surface area contributed by atoms with Gasteiger partial charge in [0.2, 0.25) is 0 Å². The van der Waals surface area contributed by atoms with Gasteiger partial charge in [-0.05, 0) is 61.1 Å². The van der Waals surface area contributed by atoms with Crippen LogP contribution in [0.4, 0.5) is 25.0 Å². The number of H-pyrrole nitrogens is 2. The smallest absolute Gasteiger partial charge is 0.316 e. The zero-order valence-electron chi connectivity index (χ0n) is 37.2. The summed E-state index contributed by atoms with van der Waals surface area (Å²) in [5.41, 5.74) is 16.1. The Kier molecular flexibility index (Phi) is 15.1. The van der Waals surface area contributed by atoms with Crippen LogP contribution in [-0.4, -0.2) is 69.8 Å². The van der Waals surface area contributed by atoms with E-state index in [0.29, 0.717) is 35.1 Å². The van der Waals surface area contributed by atoms with Crippen LogP contribution in [0, 0.1) is 11.6 Å². The van der Waals surface area contributed by atoms with E-state index in [1.807, 2.05) is 95.8 Å². The van der Waals surface area contributed by atoms with Gasteiger partial charge < -0.3 is 30.4 Å². The monoisotopic (exact) mass is 898 g/mol. The highest BCUT2D eigenvalue weighted by atomic mass is 32.2. The van der Waals surface area contributed by atoms with E-state index in [-0.39, 0.29) is 5.92 Å². The molecule has 13 heteroatoms. The Morgan fingerprint density at radius 3 is 1.62 bits per heavy atom. The molecule has 0 saturated carbocycles. The normalized spacial score (nSPS) is 12.8. The van der Waals surface area contributed by atoms with Crippen molar-refractivity contribution in [1.82, 2.24) is 24.8 Å². The number of nitrogens with two attached hydrogens (primary N) is 1. The number of aromatic amines is 2. The number of rotatable bonds is 19. The summed E-state index contributed by atoms with van der Waals surface area (Å²) in [5, 5.41) is 0.0850. The number of nitrogens with one attached hydrogen (secondary N) is 2. The molecule has 9 nitrogen and oxygen atoms in total. The molecule has 7 rings (SSSR count). The molecule has 3 atom stereocenters. The number of amides is 2. The average molecular weight is 899 g/mol. The van der Waals surface area contributed by atoms with Crippen molar-refractivity contribution in [1.29, 1.82) is 0 Å². The number of hydrogen-bond donors (Lipinski definition) is 3. The first-order valence-electron chi connectivity index (χ1n) is 21.7. The highest BCUT2D eigenvalue weighted by Gasteiger charge is 2.35. The predicted molar refractivity (Wildman–Crippen MR) is 262 cm³/mol. The van der Waals surface area contributed by atoms with E-state index >= 15 is 4.39 Å². The minimum atomic E-state index is -0.645. The quantitative estimate of drug-likeness (QED) is 0.0548. The summed E-state index contributed by atoms with van der Waals surface area (Å²) in [5.74, 6) is -1.65. The first-order chi connectivity index (χ1) is 30.9. The fourth-order valence-electron chi connectivity index (χ4n) is 7.86. The van der Waals surface area contributed by atoms with Gasteiger partial charge in [-0.2, -0.15) is 0 Å². The van der Waals surface area contributed by atoms with E-state index in [0.717, 1.165) is 75.3 Å². The van der Waals surface area contributed by atoms with E-state index in [4.69, 9.17) is 15.7 Å². The van der Waals surface area contributed by atoms with Gasteiger partial charge in [0, 0.05) is 67.9 Å². The molecular formula is C51H56F2N8OS2. The molecule has 7 aromatic rings. The minimum absolute atomic E-state index is 0.309. The third-order valence-electron chi connectivity index (χ3n) is 11.4. The lowest BCUT2D eigenvalue weighted by Crippen LogP contribution is -2.48. The zero-order valence-corrected chi connectivity index (χ0v) is 38.8. The van der Waals surface area contributed by atoms with Gasteiger partial charge in [0.1, 0.15) is 11.6 Å². The van der Waals surface area contributed by atoms with Crippen molar-refractivity contribution < 1.29 is 13.6 Å². The average Bonchev–Trinajstić information content (AvgIpc) is 3.93. The minimum Gasteiger partial charge on any atom is -0.378 e. The van der Waals surface area contributed by atoms with Crippen molar-refractivity contribution in [3.05, 3.63) is 145 Å². The lowest BCUT2D eigenvalue weighted by Gasteiger charge is -2.37. The Morgan fingerprint density at radius 1 is 0.656 bits per heavy atom. The molecule has 0 aliphatic carbocycles. The largest absolute Gasteiger partial charge is 0.378 e. The van der Waals surface area contributed by atoms with Gasteiger partial charge in [0.05, 0.1) is 33.5 Å². The molecule has 5 aromatic carbocycles. The third-order valence-corrected chi connectivity index (χ3v) is 13.6. The molecule has 0 aliphatic rings. The molecule has 2 heterocycles. The summed E-state index contributed by atoms with van der Waals surface area (Å²) in [6, 6.07) is 39.7. The van der Waals surface area contributed by atoms with E-state index in [1.54, 1.807) is 4.90 Å². The standard InChI is InChI=1S/C51H56F2N8OS2/c1-7-9-20-43(63-50-57-47(36-21-26-39(27-22-36)59(3)4)48(58-50)37-23-28-40(29-24-37)60(5)6)61(49(54)62)44(31-33(8-2)41-30-25-38(52)32-42(41)53)64-51-55-45(34-16-12-10-13-17-34)46(56-51)35-18-14-11-15-19-35/h10-19,21-30,32-33,43-44H,7-9,20,31H2,1-6H3,(H2,54,62)(H,55,56)(H,57,58).